The number of nitrogens with zero attached hydrogens (tertiary/aromatic N) is 3. The smallest absolute Gasteiger partial charge is 0.255 e. The first-order valence-electron chi connectivity index (χ1n) is 14.0. The number of ether oxygens (including phenoxy) is 1. The standard InChI is InChI=1S/C24H21N3O4.C7H13NO/c1-13-16(12-28)11-27-22(13)19(5-6-25-27)31-17-3-4-18-20(7-17)30-14(2)21(18)23(29)26-24-8-15(9-24)10-24;1-8-4-7(5-8)2-6(9)3-7/h3-7,11-12,15H,8-10H2,1-2H3,(H,26,29);6,9H,2-5H2,1H3. The van der Waals surface area contributed by atoms with Crippen molar-refractivity contribution in [2.24, 2.45) is 11.3 Å². The monoisotopic (exact) mass is 542 g/mol. The number of carbonyl (C=O) groups is 2. The second-order valence-electron chi connectivity index (χ2n) is 12.6. The van der Waals surface area contributed by atoms with Crippen molar-refractivity contribution in [3.63, 3.8) is 0 Å². The predicted octanol–water partition coefficient (Wildman–Crippen LogP) is 4.66. The molecule has 40 heavy (non-hydrogen) atoms. The lowest BCUT2D eigenvalue weighted by molar-refractivity contribution is -0.118. The Morgan fingerprint density at radius 1 is 1.18 bits per heavy atom. The number of aliphatic hydroxyl groups excluding tert-OH is 1. The Hall–Kier alpha value is -3.69. The van der Waals surface area contributed by atoms with Crippen LogP contribution in [-0.2, 0) is 0 Å². The molecule has 4 saturated carbocycles. The highest BCUT2D eigenvalue weighted by Gasteiger charge is 2.57. The van der Waals surface area contributed by atoms with Gasteiger partial charge in [-0.1, -0.05) is 0 Å². The Kier molecular flexibility index (Phi) is 5.63. The van der Waals surface area contributed by atoms with Gasteiger partial charge in [-0.2, -0.15) is 5.10 Å². The van der Waals surface area contributed by atoms with Crippen molar-refractivity contribution in [3.8, 4) is 11.5 Å². The van der Waals surface area contributed by atoms with Crippen LogP contribution in [0.4, 0.5) is 0 Å². The molecule has 2 bridgehead atoms. The fourth-order valence-electron chi connectivity index (χ4n) is 7.35. The number of amides is 1. The van der Waals surface area contributed by atoms with Crippen molar-refractivity contribution in [1.29, 1.82) is 0 Å². The summed E-state index contributed by atoms with van der Waals surface area (Å²) in [5, 5.41) is 17.3. The van der Waals surface area contributed by atoms with Gasteiger partial charge in [-0.05, 0) is 76.6 Å². The van der Waals surface area contributed by atoms with E-state index in [0.29, 0.717) is 39.4 Å². The van der Waals surface area contributed by atoms with E-state index >= 15 is 0 Å². The normalized spacial score (nSPS) is 24.4. The lowest BCUT2D eigenvalue weighted by atomic mass is 9.50. The number of aliphatic hydroxyl groups is 1. The van der Waals surface area contributed by atoms with Crippen molar-refractivity contribution < 1.29 is 23.8 Å². The molecule has 1 spiro atoms. The molecule has 9 heteroatoms. The minimum Gasteiger partial charge on any atom is -0.460 e. The minimum atomic E-state index is -0.0656. The van der Waals surface area contributed by atoms with Crippen molar-refractivity contribution in [2.45, 2.75) is 57.6 Å². The number of fused-ring (bicyclic) bond motifs is 2. The van der Waals surface area contributed by atoms with Gasteiger partial charge in [0.05, 0.1) is 17.9 Å². The number of rotatable bonds is 5. The third kappa shape index (κ3) is 4.02. The summed E-state index contributed by atoms with van der Waals surface area (Å²) in [6.07, 6.45) is 9.53. The number of furan rings is 1. The summed E-state index contributed by atoms with van der Waals surface area (Å²) in [5.74, 6) is 2.50. The molecule has 1 amide bonds. The molecule has 0 radical (unpaired) electrons. The van der Waals surface area contributed by atoms with Gasteiger partial charge in [0.15, 0.2) is 12.0 Å². The second-order valence-corrected chi connectivity index (χ2v) is 12.6. The summed E-state index contributed by atoms with van der Waals surface area (Å²) in [6.45, 7) is 6.10. The van der Waals surface area contributed by atoms with Crippen LogP contribution in [0.2, 0.25) is 0 Å². The zero-order chi connectivity index (χ0) is 27.8. The summed E-state index contributed by atoms with van der Waals surface area (Å²) in [6, 6.07) is 7.23. The molecule has 2 N–H and O–H groups in total. The van der Waals surface area contributed by atoms with Crippen LogP contribution < -0.4 is 10.1 Å². The van der Waals surface area contributed by atoms with E-state index < -0.39 is 0 Å². The Labute approximate surface area is 232 Å². The number of carbonyl (C=O) groups excluding carboxylic acids is 2. The van der Waals surface area contributed by atoms with Gasteiger partial charge < -0.3 is 24.5 Å². The minimum absolute atomic E-state index is 0.0169. The molecule has 9 nitrogen and oxygen atoms in total. The van der Waals surface area contributed by atoms with E-state index in [2.05, 4.69) is 22.4 Å². The first-order chi connectivity index (χ1) is 19.2. The van der Waals surface area contributed by atoms with Crippen molar-refractivity contribution in [1.82, 2.24) is 19.8 Å². The number of benzene rings is 1. The van der Waals surface area contributed by atoms with Crippen LogP contribution in [0.1, 0.15) is 64.1 Å². The fraction of sp³-hybridized carbons (Fsp3) is 0.452. The third-order valence-corrected chi connectivity index (χ3v) is 9.31. The van der Waals surface area contributed by atoms with E-state index in [4.69, 9.17) is 14.3 Å². The second kappa shape index (κ2) is 8.91. The number of hydrogen-bond acceptors (Lipinski definition) is 7. The van der Waals surface area contributed by atoms with E-state index in [9.17, 15) is 9.59 Å². The molecule has 3 aromatic heterocycles. The molecular formula is C31H34N4O5. The van der Waals surface area contributed by atoms with E-state index in [1.54, 1.807) is 29.0 Å². The molecule has 1 aromatic carbocycles. The Morgan fingerprint density at radius 3 is 2.55 bits per heavy atom. The van der Waals surface area contributed by atoms with E-state index in [1.165, 1.54) is 13.1 Å². The quantitative estimate of drug-likeness (QED) is 0.353. The first kappa shape index (κ1) is 25.3. The summed E-state index contributed by atoms with van der Waals surface area (Å²) in [5.41, 5.74) is 3.88. The van der Waals surface area contributed by atoms with Gasteiger partial charge in [0.25, 0.3) is 5.91 Å². The number of aryl methyl sites for hydroxylation is 2. The molecule has 1 saturated heterocycles. The van der Waals surface area contributed by atoms with Gasteiger partial charge in [-0.15, -0.1) is 0 Å². The Balaban J connectivity index is 0.000000249. The van der Waals surface area contributed by atoms with Crippen LogP contribution in [0.15, 0.2) is 41.1 Å². The maximum absolute atomic E-state index is 12.9. The third-order valence-electron chi connectivity index (χ3n) is 9.31. The average molecular weight is 543 g/mol. The molecular weight excluding hydrogens is 508 g/mol. The van der Waals surface area contributed by atoms with Crippen LogP contribution in [0, 0.1) is 25.2 Å². The molecule has 4 heterocycles. The van der Waals surface area contributed by atoms with Gasteiger partial charge in [-0.25, -0.2) is 4.52 Å². The molecule has 5 fully saturated rings. The molecule has 208 valence electrons. The first-order valence-corrected chi connectivity index (χ1v) is 14.0. The molecule has 5 aliphatic rings. The van der Waals surface area contributed by atoms with Gasteiger partial charge in [0, 0.05) is 53.3 Å². The Morgan fingerprint density at radius 2 is 1.93 bits per heavy atom. The average Bonchev–Trinajstić information content (AvgIpc) is 3.35. The maximum atomic E-state index is 12.9. The number of aldehydes is 1. The topological polar surface area (TPSA) is 109 Å². The summed E-state index contributed by atoms with van der Waals surface area (Å²) in [4.78, 5) is 26.5. The lowest BCUT2D eigenvalue weighted by Gasteiger charge is -2.61. The molecule has 4 aromatic rings. The lowest BCUT2D eigenvalue weighted by Crippen LogP contribution is -2.68. The van der Waals surface area contributed by atoms with Crippen LogP contribution >= 0.6 is 0 Å². The zero-order valence-corrected chi connectivity index (χ0v) is 23.1. The van der Waals surface area contributed by atoms with Gasteiger partial charge in [-0.3, -0.25) is 9.59 Å². The molecule has 1 aliphatic heterocycles. The van der Waals surface area contributed by atoms with Gasteiger partial charge in [0.1, 0.15) is 22.6 Å². The Bertz CT molecular complexity index is 1620. The molecule has 0 atom stereocenters. The maximum Gasteiger partial charge on any atom is 0.255 e. The largest absolute Gasteiger partial charge is 0.460 e. The number of hydrogen-bond donors (Lipinski definition) is 2. The molecule has 0 unspecified atom stereocenters. The predicted molar refractivity (Wildman–Crippen MR) is 149 cm³/mol. The fourth-order valence-corrected chi connectivity index (χ4v) is 7.35. The van der Waals surface area contributed by atoms with Crippen LogP contribution in [0.25, 0.3) is 16.5 Å². The number of likely N-dealkylation sites (tertiary alicyclic amines) is 1. The van der Waals surface area contributed by atoms with Gasteiger partial charge in [0.2, 0.25) is 0 Å². The van der Waals surface area contributed by atoms with Crippen molar-refractivity contribution >= 4 is 28.7 Å². The SMILES string of the molecule is CN1CC2(CC(O)C2)C1.Cc1oc2cc(Oc3ccnn4cc(C=O)c(C)c34)ccc2c1C(=O)NC12CC(C1)C2. The summed E-state index contributed by atoms with van der Waals surface area (Å²) in [7, 11) is 2.13. The van der Waals surface area contributed by atoms with E-state index in [1.807, 2.05) is 26.0 Å². The van der Waals surface area contributed by atoms with Crippen LogP contribution in [0.5, 0.6) is 11.5 Å². The molecule has 9 rings (SSSR count). The highest BCUT2D eigenvalue weighted by molar-refractivity contribution is 6.07. The van der Waals surface area contributed by atoms with E-state index in [0.717, 1.165) is 60.8 Å². The van der Waals surface area contributed by atoms with Crippen LogP contribution in [-0.4, -0.2) is 63.6 Å². The van der Waals surface area contributed by atoms with Crippen LogP contribution in [0.3, 0.4) is 0 Å². The summed E-state index contributed by atoms with van der Waals surface area (Å²) < 4.78 is 13.7. The number of nitrogens with one attached hydrogen (secondary N) is 1. The van der Waals surface area contributed by atoms with Crippen molar-refractivity contribution in [3.05, 3.63) is 59.1 Å². The highest BCUT2D eigenvalue weighted by Crippen LogP contribution is 2.57. The zero-order valence-electron chi connectivity index (χ0n) is 23.1. The summed E-state index contributed by atoms with van der Waals surface area (Å²) >= 11 is 0. The molecule has 4 aliphatic carbocycles. The highest BCUT2D eigenvalue weighted by atomic mass is 16.5. The number of aromatic nitrogens is 2. The van der Waals surface area contributed by atoms with E-state index in [-0.39, 0.29) is 17.6 Å². The van der Waals surface area contributed by atoms with Gasteiger partial charge >= 0.3 is 0 Å². The van der Waals surface area contributed by atoms with Crippen molar-refractivity contribution in [2.75, 3.05) is 20.1 Å².